The Balaban J connectivity index is 1.46. The van der Waals surface area contributed by atoms with E-state index in [1.807, 2.05) is 42.7 Å². The Morgan fingerprint density at radius 1 is 1.00 bits per heavy atom. The Morgan fingerprint density at radius 2 is 1.66 bits per heavy atom. The number of hydrogen-bond acceptors (Lipinski definition) is 4. The van der Waals surface area contributed by atoms with E-state index >= 15 is 0 Å². The van der Waals surface area contributed by atoms with Crippen molar-refractivity contribution >= 4 is 5.97 Å². The summed E-state index contributed by atoms with van der Waals surface area (Å²) in [6.45, 7) is 12.9. The molecule has 1 fully saturated rings. The lowest BCUT2D eigenvalue weighted by Crippen LogP contribution is -2.16. The minimum Gasteiger partial charge on any atom is -0.461 e. The molecule has 0 unspecified atom stereocenters. The summed E-state index contributed by atoms with van der Waals surface area (Å²) < 4.78 is 5.81. The molecule has 4 heteroatoms. The molecule has 166 valence electrons. The largest absolute Gasteiger partial charge is 0.461 e. The lowest BCUT2D eigenvalue weighted by atomic mass is 9.95. The third-order valence-electron chi connectivity index (χ3n) is 6.68. The Hall–Kier alpha value is -3.01. The van der Waals surface area contributed by atoms with Gasteiger partial charge in [0.25, 0.3) is 0 Å². The van der Waals surface area contributed by atoms with Gasteiger partial charge in [0.15, 0.2) is 0 Å². The smallest absolute Gasteiger partial charge is 0.310 e. The minimum absolute atomic E-state index is 0.0840. The number of aromatic nitrogens is 2. The number of carbonyl (C=O) groups is 1. The van der Waals surface area contributed by atoms with Crippen LogP contribution in [0.1, 0.15) is 63.1 Å². The van der Waals surface area contributed by atoms with Gasteiger partial charge in [-0.3, -0.25) is 4.79 Å². The topological polar surface area (TPSA) is 52.1 Å². The number of nitrogens with zero attached hydrogens (tertiary/aromatic N) is 2. The predicted octanol–water partition coefficient (Wildman–Crippen LogP) is 6.23. The summed E-state index contributed by atoms with van der Waals surface area (Å²) in [6.07, 6.45) is 3.75. The van der Waals surface area contributed by atoms with Crippen molar-refractivity contribution in [1.82, 2.24) is 9.97 Å². The van der Waals surface area contributed by atoms with Gasteiger partial charge in [-0.1, -0.05) is 83.1 Å². The molecule has 0 spiro atoms. The van der Waals surface area contributed by atoms with Crippen molar-refractivity contribution in [3.05, 3.63) is 83.4 Å². The molecule has 1 aromatic heterocycles. The maximum Gasteiger partial charge on any atom is 0.310 e. The first-order chi connectivity index (χ1) is 15.1. The highest BCUT2D eigenvalue weighted by Gasteiger charge is 2.63. The molecular weight excluding hydrogens is 396 g/mol. The average molecular weight is 429 g/mol. The van der Waals surface area contributed by atoms with Gasteiger partial charge in [-0.15, -0.1) is 0 Å². The van der Waals surface area contributed by atoms with E-state index in [0.717, 1.165) is 22.5 Å². The van der Waals surface area contributed by atoms with Crippen molar-refractivity contribution < 1.29 is 9.53 Å². The van der Waals surface area contributed by atoms with Gasteiger partial charge < -0.3 is 4.74 Å². The van der Waals surface area contributed by atoms with Crippen LogP contribution >= 0.6 is 0 Å². The van der Waals surface area contributed by atoms with Crippen molar-refractivity contribution in [2.75, 3.05) is 0 Å². The summed E-state index contributed by atoms with van der Waals surface area (Å²) in [4.78, 5) is 22.1. The fraction of sp³-hybridized carbons (Fsp3) is 0.393. The highest BCUT2D eigenvalue weighted by molar-refractivity contribution is 5.79. The summed E-state index contributed by atoms with van der Waals surface area (Å²) in [7, 11) is 0. The lowest BCUT2D eigenvalue weighted by Gasteiger charge is -2.16. The van der Waals surface area contributed by atoms with E-state index < -0.39 is 0 Å². The molecule has 2 atom stereocenters. The summed E-state index contributed by atoms with van der Waals surface area (Å²) in [5, 5.41) is 0. The Kier molecular flexibility index (Phi) is 5.66. The molecule has 0 bridgehead atoms. The highest BCUT2D eigenvalue weighted by Crippen LogP contribution is 2.64. The van der Waals surface area contributed by atoms with Crippen molar-refractivity contribution in [2.45, 2.75) is 59.5 Å². The normalized spacial score (nSPS) is 19.4. The van der Waals surface area contributed by atoms with Crippen LogP contribution in [0.25, 0.3) is 11.1 Å². The molecule has 0 aliphatic heterocycles. The maximum absolute atomic E-state index is 13.0. The number of hydrogen-bond donors (Lipinski definition) is 0. The third kappa shape index (κ3) is 4.19. The lowest BCUT2D eigenvalue weighted by molar-refractivity contribution is -0.147. The van der Waals surface area contributed by atoms with E-state index in [4.69, 9.17) is 4.74 Å². The van der Waals surface area contributed by atoms with E-state index in [9.17, 15) is 4.79 Å². The first-order valence-corrected chi connectivity index (χ1v) is 11.2. The zero-order valence-electron chi connectivity index (χ0n) is 19.8. The number of ether oxygens (including phenoxy) is 1. The Bertz CT molecular complexity index is 1110. The first kappa shape index (κ1) is 22.2. The van der Waals surface area contributed by atoms with Crippen LogP contribution in [0.3, 0.4) is 0 Å². The second-order valence-electron chi connectivity index (χ2n) is 10.4. The Labute approximate surface area is 191 Å². The quantitative estimate of drug-likeness (QED) is 0.452. The van der Waals surface area contributed by atoms with Crippen LogP contribution in [0.4, 0.5) is 0 Å². The minimum atomic E-state index is -0.177. The third-order valence-corrected chi connectivity index (χ3v) is 6.68. The van der Waals surface area contributed by atoms with Gasteiger partial charge in [-0.2, -0.15) is 0 Å². The molecule has 1 heterocycles. The summed E-state index contributed by atoms with van der Waals surface area (Å²) in [5.41, 5.74) is 5.26. The van der Waals surface area contributed by atoms with E-state index in [0.29, 0.717) is 0 Å². The second-order valence-corrected chi connectivity index (χ2v) is 10.4. The maximum atomic E-state index is 13.0. The molecule has 4 nitrogen and oxygen atoms in total. The molecule has 2 aromatic carbocycles. The SMILES string of the molecule is Cc1c(COC(=O)[C@@H]2[C@@H](c3cnc(C(C)(C)C)nc3)C2(C)C)cccc1-c1ccccc1. The van der Waals surface area contributed by atoms with E-state index in [1.54, 1.807) is 0 Å². The van der Waals surface area contributed by atoms with Crippen molar-refractivity contribution in [3.63, 3.8) is 0 Å². The van der Waals surface area contributed by atoms with Gasteiger partial charge in [-0.05, 0) is 40.2 Å². The van der Waals surface area contributed by atoms with Gasteiger partial charge >= 0.3 is 5.97 Å². The highest BCUT2D eigenvalue weighted by atomic mass is 16.5. The molecule has 1 aliphatic rings. The monoisotopic (exact) mass is 428 g/mol. The summed E-state index contributed by atoms with van der Waals surface area (Å²) >= 11 is 0. The Morgan fingerprint density at radius 3 is 2.28 bits per heavy atom. The van der Waals surface area contributed by atoms with E-state index in [2.05, 4.69) is 69.7 Å². The number of benzene rings is 2. The van der Waals surface area contributed by atoms with Crippen LogP contribution < -0.4 is 0 Å². The standard InChI is InChI=1S/C28H32N2O2/c1-18-20(13-10-14-22(18)19-11-8-7-9-12-19)17-32-25(31)24-23(28(24,5)6)21-15-29-26(30-16-21)27(2,3)4/h7-16,23-24H,17H2,1-6H3/t23-,24+/m1/s1. The molecule has 0 radical (unpaired) electrons. The number of carbonyl (C=O) groups excluding carboxylic acids is 1. The van der Waals surface area contributed by atoms with Crippen LogP contribution in [0.5, 0.6) is 0 Å². The first-order valence-electron chi connectivity index (χ1n) is 11.2. The average Bonchev–Trinajstić information content (AvgIpc) is 3.35. The molecule has 0 amide bonds. The van der Waals surface area contributed by atoms with Gasteiger partial charge in [-0.25, -0.2) is 9.97 Å². The number of esters is 1. The second kappa shape index (κ2) is 8.16. The van der Waals surface area contributed by atoms with E-state index in [-0.39, 0.29) is 35.2 Å². The zero-order valence-corrected chi connectivity index (χ0v) is 19.8. The molecule has 0 N–H and O–H groups in total. The van der Waals surface area contributed by atoms with Crippen molar-refractivity contribution in [2.24, 2.45) is 11.3 Å². The van der Waals surface area contributed by atoms with Crippen molar-refractivity contribution in [3.8, 4) is 11.1 Å². The van der Waals surface area contributed by atoms with Crippen LogP contribution in [-0.4, -0.2) is 15.9 Å². The van der Waals surface area contributed by atoms with Crippen LogP contribution in [-0.2, 0) is 21.6 Å². The van der Waals surface area contributed by atoms with Crippen LogP contribution in [0.15, 0.2) is 60.9 Å². The fourth-order valence-corrected chi connectivity index (χ4v) is 4.59. The molecule has 32 heavy (non-hydrogen) atoms. The van der Waals surface area contributed by atoms with Gasteiger partial charge in [0.05, 0.1) is 5.92 Å². The van der Waals surface area contributed by atoms with Gasteiger partial charge in [0.2, 0.25) is 0 Å². The zero-order chi connectivity index (χ0) is 23.1. The van der Waals surface area contributed by atoms with E-state index in [1.165, 1.54) is 11.1 Å². The van der Waals surface area contributed by atoms with Crippen LogP contribution in [0.2, 0.25) is 0 Å². The molecular formula is C28H32N2O2. The number of rotatable bonds is 5. The molecule has 1 aliphatic carbocycles. The van der Waals surface area contributed by atoms with Crippen molar-refractivity contribution in [1.29, 1.82) is 0 Å². The molecule has 3 aromatic rings. The van der Waals surface area contributed by atoms with Crippen LogP contribution in [0, 0.1) is 18.3 Å². The predicted molar refractivity (Wildman–Crippen MR) is 127 cm³/mol. The summed E-state index contributed by atoms with van der Waals surface area (Å²) in [6, 6.07) is 16.4. The molecule has 0 saturated heterocycles. The van der Waals surface area contributed by atoms with Gasteiger partial charge in [0, 0.05) is 23.7 Å². The fourth-order valence-electron chi connectivity index (χ4n) is 4.59. The van der Waals surface area contributed by atoms with Gasteiger partial charge in [0.1, 0.15) is 12.4 Å². The molecule has 1 saturated carbocycles. The molecule has 4 rings (SSSR count). The summed E-state index contributed by atoms with van der Waals surface area (Å²) in [5.74, 6) is 0.571.